The SMILES string of the molecule is Cc1sc2ncn(Cc3ccccc3C#N)c(=O)c2c1-c1ccc(Cl)cc1. The molecule has 2 aromatic carbocycles. The highest BCUT2D eigenvalue weighted by Crippen LogP contribution is 2.35. The lowest BCUT2D eigenvalue weighted by Crippen LogP contribution is -2.21. The summed E-state index contributed by atoms with van der Waals surface area (Å²) in [7, 11) is 0. The molecular formula is C21H14ClN3OS. The molecule has 4 aromatic rings. The fraction of sp³-hybridized carbons (Fsp3) is 0.0952. The fourth-order valence-corrected chi connectivity index (χ4v) is 4.29. The Morgan fingerprint density at radius 1 is 1.19 bits per heavy atom. The van der Waals surface area contributed by atoms with Crippen LogP contribution in [-0.2, 0) is 6.54 Å². The summed E-state index contributed by atoms with van der Waals surface area (Å²) in [4.78, 5) is 19.5. The van der Waals surface area contributed by atoms with Gasteiger partial charge in [0.1, 0.15) is 4.83 Å². The van der Waals surface area contributed by atoms with Gasteiger partial charge in [-0.15, -0.1) is 11.3 Å². The van der Waals surface area contributed by atoms with Crippen molar-refractivity contribution in [2.75, 3.05) is 0 Å². The molecule has 2 aromatic heterocycles. The van der Waals surface area contributed by atoms with Gasteiger partial charge >= 0.3 is 0 Å². The number of fused-ring (bicyclic) bond motifs is 1. The summed E-state index contributed by atoms with van der Waals surface area (Å²) in [5, 5.41) is 10.6. The zero-order valence-corrected chi connectivity index (χ0v) is 16.0. The minimum Gasteiger partial charge on any atom is -0.294 e. The summed E-state index contributed by atoms with van der Waals surface area (Å²) in [6.07, 6.45) is 1.56. The van der Waals surface area contributed by atoms with Crippen LogP contribution >= 0.6 is 22.9 Å². The maximum absolute atomic E-state index is 13.2. The number of halogens is 1. The van der Waals surface area contributed by atoms with Gasteiger partial charge in [0.2, 0.25) is 0 Å². The van der Waals surface area contributed by atoms with E-state index in [4.69, 9.17) is 11.6 Å². The van der Waals surface area contributed by atoms with Crippen LogP contribution in [0.25, 0.3) is 21.3 Å². The average molecular weight is 392 g/mol. The molecule has 0 bridgehead atoms. The Hall–Kier alpha value is -2.94. The number of benzene rings is 2. The van der Waals surface area contributed by atoms with Gasteiger partial charge in [-0.2, -0.15) is 5.26 Å². The summed E-state index contributed by atoms with van der Waals surface area (Å²) in [5.41, 5.74) is 3.08. The highest BCUT2D eigenvalue weighted by atomic mass is 35.5. The first kappa shape index (κ1) is 17.5. The van der Waals surface area contributed by atoms with E-state index in [0.29, 0.717) is 27.3 Å². The summed E-state index contributed by atoms with van der Waals surface area (Å²) in [6.45, 7) is 2.30. The molecule has 0 N–H and O–H groups in total. The van der Waals surface area contributed by atoms with Gasteiger partial charge in [0.25, 0.3) is 5.56 Å². The van der Waals surface area contributed by atoms with Crippen LogP contribution in [0.3, 0.4) is 0 Å². The number of nitriles is 1. The molecule has 27 heavy (non-hydrogen) atoms. The van der Waals surface area contributed by atoms with Crippen molar-refractivity contribution in [3.8, 4) is 17.2 Å². The molecule has 0 amide bonds. The number of hydrogen-bond donors (Lipinski definition) is 0. The summed E-state index contributed by atoms with van der Waals surface area (Å²) in [6, 6.07) is 16.9. The van der Waals surface area contributed by atoms with Crippen molar-refractivity contribution in [1.82, 2.24) is 9.55 Å². The molecule has 0 aliphatic carbocycles. The summed E-state index contributed by atoms with van der Waals surface area (Å²) < 4.78 is 1.56. The lowest BCUT2D eigenvalue weighted by Gasteiger charge is -2.08. The third-order valence-electron chi connectivity index (χ3n) is 4.47. The van der Waals surface area contributed by atoms with Crippen LogP contribution in [0.15, 0.2) is 59.7 Å². The Labute approximate surface area is 164 Å². The van der Waals surface area contributed by atoms with E-state index in [9.17, 15) is 10.1 Å². The van der Waals surface area contributed by atoms with Gasteiger partial charge < -0.3 is 0 Å². The molecule has 2 heterocycles. The molecule has 0 fully saturated rings. The number of aryl methyl sites for hydroxylation is 1. The van der Waals surface area contributed by atoms with Crippen LogP contribution in [0, 0.1) is 18.3 Å². The molecular weight excluding hydrogens is 378 g/mol. The van der Waals surface area contributed by atoms with Crippen molar-refractivity contribution in [2.24, 2.45) is 0 Å². The third-order valence-corrected chi connectivity index (χ3v) is 5.73. The van der Waals surface area contributed by atoms with E-state index in [1.807, 2.05) is 49.4 Å². The van der Waals surface area contributed by atoms with Crippen molar-refractivity contribution in [2.45, 2.75) is 13.5 Å². The topological polar surface area (TPSA) is 58.7 Å². The van der Waals surface area contributed by atoms with Gasteiger partial charge in [-0.05, 0) is 36.2 Å². The van der Waals surface area contributed by atoms with Gasteiger partial charge in [0.15, 0.2) is 0 Å². The monoisotopic (exact) mass is 391 g/mol. The summed E-state index contributed by atoms with van der Waals surface area (Å²) in [5.74, 6) is 0. The van der Waals surface area contributed by atoms with Crippen LogP contribution in [0.1, 0.15) is 16.0 Å². The number of thiophene rings is 1. The molecule has 0 unspecified atom stereocenters. The first-order valence-corrected chi connectivity index (χ1v) is 9.50. The van der Waals surface area contributed by atoms with Gasteiger partial charge in [0.05, 0.1) is 29.9 Å². The van der Waals surface area contributed by atoms with Crippen LogP contribution in [0.2, 0.25) is 5.02 Å². The van der Waals surface area contributed by atoms with Gasteiger partial charge in [-0.1, -0.05) is 41.9 Å². The van der Waals surface area contributed by atoms with Crippen molar-refractivity contribution in [3.63, 3.8) is 0 Å². The van der Waals surface area contributed by atoms with Crippen LogP contribution < -0.4 is 5.56 Å². The van der Waals surface area contributed by atoms with E-state index in [1.54, 1.807) is 17.0 Å². The van der Waals surface area contributed by atoms with Crippen LogP contribution in [-0.4, -0.2) is 9.55 Å². The lowest BCUT2D eigenvalue weighted by molar-refractivity contribution is 0.748. The Balaban J connectivity index is 1.89. The maximum atomic E-state index is 13.2. The maximum Gasteiger partial charge on any atom is 0.263 e. The Morgan fingerprint density at radius 3 is 2.67 bits per heavy atom. The number of hydrogen-bond acceptors (Lipinski definition) is 4. The highest BCUT2D eigenvalue weighted by molar-refractivity contribution is 7.19. The molecule has 0 spiro atoms. The first-order valence-electron chi connectivity index (χ1n) is 8.31. The van der Waals surface area contributed by atoms with E-state index >= 15 is 0 Å². The smallest absolute Gasteiger partial charge is 0.263 e. The molecule has 0 radical (unpaired) electrons. The third kappa shape index (κ3) is 3.14. The normalized spacial score (nSPS) is 10.9. The molecule has 0 saturated heterocycles. The minimum atomic E-state index is -0.109. The summed E-state index contributed by atoms with van der Waals surface area (Å²) >= 11 is 7.51. The molecule has 0 aliphatic rings. The molecule has 0 saturated carbocycles. The molecule has 4 rings (SSSR count). The molecule has 0 atom stereocenters. The second-order valence-corrected chi connectivity index (χ2v) is 7.81. The minimum absolute atomic E-state index is 0.109. The van der Waals surface area contributed by atoms with Gasteiger partial charge in [-0.25, -0.2) is 4.98 Å². The van der Waals surface area contributed by atoms with Crippen molar-refractivity contribution < 1.29 is 0 Å². The average Bonchev–Trinajstić information content (AvgIpc) is 3.02. The molecule has 4 nitrogen and oxygen atoms in total. The highest BCUT2D eigenvalue weighted by Gasteiger charge is 2.17. The van der Waals surface area contributed by atoms with E-state index < -0.39 is 0 Å². The van der Waals surface area contributed by atoms with Crippen LogP contribution in [0.4, 0.5) is 0 Å². The van der Waals surface area contributed by atoms with Crippen LogP contribution in [0.5, 0.6) is 0 Å². The van der Waals surface area contributed by atoms with Crippen molar-refractivity contribution >= 4 is 33.2 Å². The van der Waals surface area contributed by atoms with Crippen molar-refractivity contribution in [1.29, 1.82) is 5.26 Å². The van der Waals surface area contributed by atoms with E-state index in [1.165, 1.54) is 11.3 Å². The second kappa shape index (κ2) is 6.99. The predicted molar refractivity (Wildman–Crippen MR) is 109 cm³/mol. The van der Waals surface area contributed by atoms with Gasteiger partial charge in [0, 0.05) is 15.5 Å². The lowest BCUT2D eigenvalue weighted by atomic mass is 10.0. The Bertz CT molecular complexity index is 1250. The zero-order chi connectivity index (χ0) is 19.0. The molecule has 6 heteroatoms. The Morgan fingerprint density at radius 2 is 1.93 bits per heavy atom. The number of aromatic nitrogens is 2. The number of rotatable bonds is 3. The van der Waals surface area contributed by atoms with Crippen molar-refractivity contribution in [3.05, 3.63) is 86.2 Å². The van der Waals surface area contributed by atoms with Gasteiger partial charge in [-0.3, -0.25) is 9.36 Å². The van der Waals surface area contributed by atoms with E-state index in [-0.39, 0.29) is 5.56 Å². The largest absolute Gasteiger partial charge is 0.294 e. The second-order valence-electron chi connectivity index (χ2n) is 6.17. The quantitative estimate of drug-likeness (QED) is 0.493. The Kier molecular flexibility index (Phi) is 4.53. The first-order chi connectivity index (χ1) is 13.1. The molecule has 132 valence electrons. The number of nitrogens with zero attached hydrogens (tertiary/aromatic N) is 3. The molecule has 0 aliphatic heterocycles. The standard InChI is InChI=1S/C21H14ClN3OS/c1-13-18(14-6-8-17(22)9-7-14)19-20(27-13)24-12-25(21(19)26)11-16-5-3-2-4-15(16)10-23/h2-9,12H,11H2,1H3. The zero-order valence-electron chi connectivity index (χ0n) is 14.4. The fourth-order valence-electron chi connectivity index (χ4n) is 3.17. The van der Waals surface area contributed by atoms with E-state index in [2.05, 4.69) is 11.1 Å². The van der Waals surface area contributed by atoms with E-state index in [0.717, 1.165) is 21.6 Å². The predicted octanol–water partition coefficient (Wildman–Crippen LogP) is 5.01.